The molecule has 1 N–H and O–H groups in total. The number of phenolic OH excluding ortho intramolecular Hbond substituents is 1. The Hall–Kier alpha value is -0.461. The molecule has 41 valence electrons. The van der Waals surface area contributed by atoms with Crippen molar-refractivity contribution < 1.29 is 22.2 Å². The van der Waals surface area contributed by atoms with Crippen molar-refractivity contribution in [2.75, 3.05) is 0 Å². The fourth-order valence-corrected chi connectivity index (χ4v) is 0.428. The van der Waals surface area contributed by atoms with Crippen molar-refractivity contribution in [1.29, 1.82) is 0 Å². The molecule has 0 spiro atoms. The first-order valence-electron chi connectivity index (χ1n) is 2.13. The molecule has 1 nitrogen and oxygen atoms in total. The predicted molar refractivity (Wildman–Crippen MR) is 28.1 cm³/mol. The Bertz CT molecular complexity index is 138. The van der Waals surface area contributed by atoms with E-state index in [9.17, 15) is 0 Å². The van der Waals surface area contributed by atoms with Gasteiger partial charge in [-0.2, -0.15) is 0 Å². The summed E-state index contributed by atoms with van der Waals surface area (Å²) in [6.07, 6.45) is 0. The van der Waals surface area contributed by atoms with E-state index in [4.69, 9.17) is 5.11 Å². The molecule has 1 aromatic carbocycles. The van der Waals surface area contributed by atoms with Crippen LogP contribution in [0.25, 0.3) is 0 Å². The minimum absolute atomic E-state index is 0. The predicted octanol–water partition coefficient (Wildman–Crippen LogP) is 1.39. The maximum absolute atomic E-state index is 8.63. The molecule has 0 saturated carbocycles. The summed E-state index contributed by atoms with van der Waals surface area (Å²) >= 11 is 0. The van der Waals surface area contributed by atoms with Crippen LogP contribution in [0.3, 0.4) is 0 Å². The van der Waals surface area contributed by atoms with Crippen LogP contribution in [0.4, 0.5) is 0 Å². The molecular formula is C6H6FeO+3. The van der Waals surface area contributed by atoms with Crippen molar-refractivity contribution in [3.05, 3.63) is 30.3 Å². The summed E-state index contributed by atoms with van der Waals surface area (Å²) < 4.78 is 0. The fraction of sp³-hybridized carbons (Fsp3) is 0. The normalized spacial score (nSPS) is 7.50. The summed E-state index contributed by atoms with van der Waals surface area (Å²) in [4.78, 5) is 0. The summed E-state index contributed by atoms with van der Waals surface area (Å²) in [5.74, 6) is 0.322. The zero-order chi connectivity index (χ0) is 5.11. The minimum atomic E-state index is 0. The van der Waals surface area contributed by atoms with Gasteiger partial charge in [-0.05, 0) is 12.1 Å². The van der Waals surface area contributed by atoms with E-state index in [2.05, 4.69) is 0 Å². The van der Waals surface area contributed by atoms with E-state index < -0.39 is 0 Å². The van der Waals surface area contributed by atoms with Crippen LogP contribution in [0.2, 0.25) is 0 Å². The topological polar surface area (TPSA) is 20.2 Å². The maximum atomic E-state index is 8.63. The van der Waals surface area contributed by atoms with Crippen LogP contribution in [0.5, 0.6) is 5.75 Å². The molecular weight excluding hydrogens is 144 g/mol. The fourth-order valence-electron chi connectivity index (χ4n) is 0.428. The molecule has 0 amide bonds. The standard InChI is InChI=1S/C6H6O.Fe/c7-6-4-2-1-3-5-6;/h1-5,7H;/q;+3. The largest absolute Gasteiger partial charge is 3.00 e. The summed E-state index contributed by atoms with van der Waals surface area (Å²) in [6.45, 7) is 0. The average Bonchev–Trinajstić information content (AvgIpc) is 1.69. The third kappa shape index (κ3) is 2.01. The van der Waals surface area contributed by atoms with Crippen molar-refractivity contribution in [2.45, 2.75) is 0 Å². The summed E-state index contributed by atoms with van der Waals surface area (Å²) in [6, 6.07) is 8.71. The average molecular weight is 150 g/mol. The molecule has 1 radical (unpaired) electrons. The summed E-state index contributed by atoms with van der Waals surface area (Å²) in [5, 5.41) is 8.63. The molecule has 0 aliphatic rings. The molecule has 0 saturated heterocycles. The number of hydrogen-bond acceptors (Lipinski definition) is 1. The second kappa shape index (κ2) is 3.53. The zero-order valence-corrected chi connectivity index (χ0v) is 5.29. The van der Waals surface area contributed by atoms with Crippen molar-refractivity contribution in [2.24, 2.45) is 0 Å². The van der Waals surface area contributed by atoms with Gasteiger partial charge in [0.25, 0.3) is 0 Å². The number of para-hydroxylation sites is 1. The number of phenols is 1. The molecule has 0 unspecified atom stereocenters. The molecule has 0 atom stereocenters. The second-order valence-electron chi connectivity index (χ2n) is 1.34. The van der Waals surface area contributed by atoms with Crippen LogP contribution in [-0.2, 0) is 17.1 Å². The van der Waals surface area contributed by atoms with E-state index in [0.717, 1.165) is 0 Å². The van der Waals surface area contributed by atoms with E-state index in [0.29, 0.717) is 5.75 Å². The van der Waals surface area contributed by atoms with E-state index in [-0.39, 0.29) is 17.1 Å². The Labute approximate surface area is 58.8 Å². The first-order chi connectivity index (χ1) is 3.39. The second-order valence-corrected chi connectivity index (χ2v) is 1.34. The van der Waals surface area contributed by atoms with Gasteiger partial charge in [0.1, 0.15) is 5.75 Å². The first-order valence-corrected chi connectivity index (χ1v) is 2.13. The SMILES string of the molecule is Oc1ccccc1.[Fe+3]. The van der Waals surface area contributed by atoms with Gasteiger partial charge >= 0.3 is 17.1 Å². The number of hydrogen-bond donors (Lipinski definition) is 1. The van der Waals surface area contributed by atoms with Gasteiger partial charge in [0.15, 0.2) is 0 Å². The van der Waals surface area contributed by atoms with Crippen molar-refractivity contribution in [3.8, 4) is 5.75 Å². The van der Waals surface area contributed by atoms with Gasteiger partial charge < -0.3 is 5.11 Å². The smallest absolute Gasteiger partial charge is 0.508 e. The molecule has 0 fully saturated rings. The molecule has 0 aliphatic heterocycles. The van der Waals surface area contributed by atoms with Gasteiger partial charge in [-0.3, -0.25) is 0 Å². The Morgan fingerprint density at radius 1 is 1.00 bits per heavy atom. The zero-order valence-electron chi connectivity index (χ0n) is 4.19. The van der Waals surface area contributed by atoms with Gasteiger partial charge in [0.05, 0.1) is 0 Å². The van der Waals surface area contributed by atoms with Crippen molar-refractivity contribution in [3.63, 3.8) is 0 Å². The summed E-state index contributed by atoms with van der Waals surface area (Å²) in [7, 11) is 0. The summed E-state index contributed by atoms with van der Waals surface area (Å²) in [5.41, 5.74) is 0. The van der Waals surface area contributed by atoms with Crippen LogP contribution in [0.15, 0.2) is 30.3 Å². The molecule has 2 heteroatoms. The first kappa shape index (κ1) is 7.54. The van der Waals surface area contributed by atoms with Crippen LogP contribution in [0.1, 0.15) is 0 Å². The Kier molecular flexibility index (Phi) is 3.33. The van der Waals surface area contributed by atoms with Gasteiger partial charge in [-0.15, -0.1) is 0 Å². The Morgan fingerprint density at radius 3 is 1.75 bits per heavy atom. The van der Waals surface area contributed by atoms with Crippen LogP contribution >= 0.6 is 0 Å². The molecule has 0 aliphatic carbocycles. The third-order valence-corrected chi connectivity index (χ3v) is 0.756. The number of benzene rings is 1. The number of rotatable bonds is 0. The molecule has 1 aromatic rings. The molecule has 0 aromatic heterocycles. The van der Waals surface area contributed by atoms with Crippen molar-refractivity contribution >= 4 is 0 Å². The molecule has 0 heterocycles. The quantitative estimate of drug-likeness (QED) is 0.554. The van der Waals surface area contributed by atoms with E-state index >= 15 is 0 Å². The maximum Gasteiger partial charge on any atom is 3.00 e. The molecule has 1 rings (SSSR count). The van der Waals surface area contributed by atoms with Crippen LogP contribution in [-0.4, -0.2) is 5.11 Å². The Morgan fingerprint density at radius 2 is 1.50 bits per heavy atom. The van der Waals surface area contributed by atoms with Gasteiger partial charge in [0, 0.05) is 0 Å². The van der Waals surface area contributed by atoms with Crippen LogP contribution in [0, 0.1) is 0 Å². The van der Waals surface area contributed by atoms with E-state index in [1.54, 1.807) is 24.3 Å². The molecule has 0 bridgehead atoms. The van der Waals surface area contributed by atoms with Crippen LogP contribution < -0.4 is 0 Å². The van der Waals surface area contributed by atoms with Gasteiger partial charge in [-0.25, -0.2) is 0 Å². The van der Waals surface area contributed by atoms with Crippen molar-refractivity contribution in [1.82, 2.24) is 0 Å². The Balaban J connectivity index is 0.000000490. The van der Waals surface area contributed by atoms with Gasteiger partial charge in [0.2, 0.25) is 0 Å². The third-order valence-electron chi connectivity index (χ3n) is 0.756. The van der Waals surface area contributed by atoms with E-state index in [1.165, 1.54) is 0 Å². The number of aromatic hydroxyl groups is 1. The van der Waals surface area contributed by atoms with E-state index in [1.807, 2.05) is 6.07 Å². The van der Waals surface area contributed by atoms with Gasteiger partial charge in [-0.1, -0.05) is 18.2 Å². The monoisotopic (exact) mass is 150 g/mol. The molecule has 8 heavy (non-hydrogen) atoms. The minimum Gasteiger partial charge on any atom is -0.508 e.